The van der Waals surface area contributed by atoms with Crippen LogP contribution in [0.5, 0.6) is 0 Å². The van der Waals surface area contributed by atoms with Gasteiger partial charge >= 0.3 is 6.18 Å². The Morgan fingerprint density at radius 1 is 1.23 bits per heavy atom. The van der Waals surface area contributed by atoms with Gasteiger partial charge < -0.3 is 5.32 Å². The standard InChI is InChI=1S/C9H14F3N/c10-9(11,12)5-3-8-2-1-6-13-7-4-8/h3,13H,1-2,4-7H2/b8-3-. The maximum atomic E-state index is 11.9. The van der Waals surface area contributed by atoms with Crippen LogP contribution in [0.3, 0.4) is 0 Å². The Morgan fingerprint density at radius 3 is 2.69 bits per heavy atom. The predicted molar refractivity (Wildman–Crippen MR) is 45.5 cm³/mol. The highest BCUT2D eigenvalue weighted by molar-refractivity contribution is 5.04. The van der Waals surface area contributed by atoms with Crippen LogP contribution in [0.4, 0.5) is 13.2 Å². The lowest BCUT2D eigenvalue weighted by Crippen LogP contribution is -2.13. The minimum atomic E-state index is -4.05. The first-order chi connectivity index (χ1) is 6.08. The zero-order chi connectivity index (χ0) is 9.73. The van der Waals surface area contributed by atoms with Crippen molar-refractivity contribution in [3.63, 3.8) is 0 Å². The van der Waals surface area contributed by atoms with Crippen LogP contribution in [-0.2, 0) is 0 Å². The van der Waals surface area contributed by atoms with Gasteiger partial charge in [-0.15, -0.1) is 0 Å². The van der Waals surface area contributed by atoms with Gasteiger partial charge in [-0.1, -0.05) is 11.6 Å². The normalized spacial score (nSPS) is 23.2. The summed E-state index contributed by atoms with van der Waals surface area (Å²) in [6, 6.07) is 0. The molecule has 1 fully saturated rings. The van der Waals surface area contributed by atoms with Gasteiger partial charge in [0.05, 0.1) is 6.42 Å². The summed E-state index contributed by atoms with van der Waals surface area (Å²) >= 11 is 0. The van der Waals surface area contributed by atoms with Crippen LogP contribution in [0.25, 0.3) is 0 Å². The molecule has 76 valence electrons. The summed E-state index contributed by atoms with van der Waals surface area (Å²) in [6.07, 6.45) is -0.967. The van der Waals surface area contributed by atoms with E-state index in [0.29, 0.717) is 0 Å². The summed E-state index contributed by atoms with van der Waals surface area (Å²) in [7, 11) is 0. The number of nitrogens with one attached hydrogen (secondary N) is 1. The highest BCUT2D eigenvalue weighted by Crippen LogP contribution is 2.23. The highest BCUT2D eigenvalue weighted by atomic mass is 19.4. The first kappa shape index (κ1) is 10.6. The number of hydrogen-bond donors (Lipinski definition) is 1. The van der Waals surface area contributed by atoms with Crippen molar-refractivity contribution in [2.45, 2.75) is 31.9 Å². The monoisotopic (exact) mass is 193 g/mol. The third kappa shape index (κ3) is 4.93. The Balaban J connectivity index is 2.39. The Morgan fingerprint density at radius 2 is 2.00 bits per heavy atom. The van der Waals surface area contributed by atoms with E-state index in [9.17, 15) is 13.2 Å². The third-order valence-electron chi connectivity index (χ3n) is 2.10. The highest BCUT2D eigenvalue weighted by Gasteiger charge is 2.25. The molecule has 0 spiro atoms. The molecule has 1 aliphatic rings. The zero-order valence-electron chi connectivity index (χ0n) is 7.45. The molecule has 1 aliphatic heterocycles. The van der Waals surface area contributed by atoms with Gasteiger partial charge in [-0.3, -0.25) is 0 Å². The molecule has 4 heteroatoms. The van der Waals surface area contributed by atoms with E-state index in [1.54, 1.807) is 0 Å². The Bertz CT molecular complexity index is 174. The fraction of sp³-hybridized carbons (Fsp3) is 0.778. The van der Waals surface area contributed by atoms with Crippen LogP contribution in [0.2, 0.25) is 0 Å². The molecule has 0 bridgehead atoms. The van der Waals surface area contributed by atoms with E-state index in [0.717, 1.165) is 37.9 Å². The molecule has 0 saturated carbocycles. The number of allylic oxidation sites excluding steroid dienone is 1. The molecule has 1 N–H and O–H groups in total. The lowest BCUT2D eigenvalue weighted by Gasteiger charge is -2.05. The van der Waals surface area contributed by atoms with E-state index in [-0.39, 0.29) is 0 Å². The van der Waals surface area contributed by atoms with Crippen molar-refractivity contribution in [1.29, 1.82) is 0 Å². The molecular weight excluding hydrogens is 179 g/mol. The van der Waals surface area contributed by atoms with Gasteiger partial charge in [-0.2, -0.15) is 13.2 Å². The van der Waals surface area contributed by atoms with Gasteiger partial charge in [0.15, 0.2) is 0 Å². The Hall–Kier alpha value is -0.510. The molecular formula is C9H14F3N. The molecule has 1 heterocycles. The topological polar surface area (TPSA) is 12.0 Å². The van der Waals surface area contributed by atoms with Crippen molar-refractivity contribution in [3.8, 4) is 0 Å². The van der Waals surface area contributed by atoms with Crippen LogP contribution >= 0.6 is 0 Å². The molecule has 1 saturated heterocycles. The van der Waals surface area contributed by atoms with Crippen molar-refractivity contribution < 1.29 is 13.2 Å². The first-order valence-electron chi connectivity index (χ1n) is 4.53. The first-order valence-corrected chi connectivity index (χ1v) is 4.53. The molecule has 0 aromatic rings. The second-order valence-corrected chi connectivity index (χ2v) is 3.29. The molecule has 0 amide bonds. The van der Waals surface area contributed by atoms with Crippen molar-refractivity contribution >= 4 is 0 Å². The van der Waals surface area contributed by atoms with Crippen LogP contribution in [0.1, 0.15) is 25.7 Å². The minimum Gasteiger partial charge on any atom is -0.316 e. The largest absolute Gasteiger partial charge is 0.392 e. The van der Waals surface area contributed by atoms with E-state index < -0.39 is 12.6 Å². The van der Waals surface area contributed by atoms with Crippen LogP contribution < -0.4 is 5.32 Å². The van der Waals surface area contributed by atoms with Crippen molar-refractivity contribution in [2.75, 3.05) is 13.1 Å². The lowest BCUT2D eigenvalue weighted by atomic mass is 10.1. The summed E-state index contributed by atoms with van der Waals surface area (Å²) in [5.74, 6) is 0. The molecule has 0 radical (unpaired) electrons. The molecule has 0 unspecified atom stereocenters. The number of hydrogen-bond acceptors (Lipinski definition) is 1. The average Bonchev–Trinajstić information content (AvgIpc) is 2.26. The van der Waals surface area contributed by atoms with Gasteiger partial charge in [0, 0.05) is 0 Å². The second-order valence-electron chi connectivity index (χ2n) is 3.29. The quantitative estimate of drug-likeness (QED) is 0.631. The van der Waals surface area contributed by atoms with E-state index in [1.165, 1.54) is 6.08 Å². The predicted octanol–water partition coefficient (Wildman–Crippen LogP) is 2.64. The summed E-state index contributed by atoms with van der Waals surface area (Å²) in [5, 5.41) is 3.15. The van der Waals surface area contributed by atoms with Gasteiger partial charge in [-0.25, -0.2) is 0 Å². The van der Waals surface area contributed by atoms with E-state index in [2.05, 4.69) is 5.32 Å². The summed E-state index contributed by atoms with van der Waals surface area (Å²) in [5.41, 5.74) is 0.947. The molecule has 0 aromatic heterocycles. The Kier molecular flexibility index (Phi) is 3.78. The zero-order valence-corrected chi connectivity index (χ0v) is 7.45. The Labute approximate surface area is 76.0 Å². The van der Waals surface area contributed by atoms with Gasteiger partial charge in [0.25, 0.3) is 0 Å². The SMILES string of the molecule is FC(F)(F)C/C=C1/CCCNCC1. The molecule has 13 heavy (non-hydrogen) atoms. The summed E-state index contributed by atoms with van der Waals surface area (Å²) in [6.45, 7) is 1.73. The van der Waals surface area contributed by atoms with Crippen molar-refractivity contribution in [1.82, 2.24) is 5.32 Å². The molecule has 1 rings (SSSR count). The number of halogens is 3. The van der Waals surface area contributed by atoms with Gasteiger partial charge in [0.1, 0.15) is 0 Å². The maximum absolute atomic E-state index is 11.9. The smallest absolute Gasteiger partial charge is 0.316 e. The molecule has 0 aliphatic carbocycles. The maximum Gasteiger partial charge on any atom is 0.392 e. The molecule has 0 aromatic carbocycles. The number of alkyl halides is 3. The number of rotatable bonds is 1. The van der Waals surface area contributed by atoms with E-state index in [4.69, 9.17) is 0 Å². The van der Waals surface area contributed by atoms with E-state index >= 15 is 0 Å². The van der Waals surface area contributed by atoms with Gasteiger partial charge in [-0.05, 0) is 32.4 Å². The summed E-state index contributed by atoms with van der Waals surface area (Å²) < 4.78 is 35.6. The van der Waals surface area contributed by atoms with Crippen LogP contribution in [-0.4, -0.2) is 19.3 Å². The van der Waals surface area contributed by atoms with Crippen molar-refractivity contribution in [3.05, 3.63) is 11.6 Å². The fourth-order valence-electron chi connectivity index (χ4n) is 1.40. The van der Waals surface area contributed by atoms with Crippen LogP contribution in [0.15, 0.2) is 11.6 Å². The minimum absolute atomic E-state index is 0.760. The molecule has 0 atom stereocenters. The van der Waals surface area contributed by atoms with Crippen LogP contribution in [0, 0.1) is 0 Å². The van der Waals surface area contributed by atoms with Crippen molar-refractivity contribution in [2.24, 2.45) is 0 Å². The van der Waals surface area contributed by atoms with Gasteiger partial charge in [0.2, 0.25) is 0 Å². The van der Waals surface area contributed by atoms with E-state index in [1.807, 2.05) is 0 Å². The second kappa shape index (κ2) is 4.65. The fourth-order valence-corrected chi connectivity index (χ4v) is 1.40. The third-order valence-corrected chi connectivity index (χ3v) is 2.10. The average molecular weight is 193 g/mol. The lowest BCUT2D eigenvalue weighted by molar-refractivity contribution is -0.125. The molecule has 1 nitrogen and oxygen atoms in total. The summed E-state index contributed by atoms with van der Waals surface area (Å²) in [4.78, 5) is 0.